The molecule has 2 aliphatic carbocycles. The summed E-state index contributed by atoms with van der Waals surface area (Å²) in [5, 5.41) is 1.44. The summed E-state index contributed by atoms with van der Waals surface area (Å²) in [6.45, 7) is 2.33. The molecule has 1 unspecified atom stereocenters. The Bertz CT molecular complexity index is 1150. The first-order valence-corrected chi connectivity index (χ1v) is 16.7. The molecule has 1 saturated carbocycles. The predicted octanol–water partition coefficient (Wildman–Crippen LogP) is 5.74. The van der Waals surface area contributed by atoms with E-state index in [1.807, 2.05) is 30.0 Å². The topological polar surface area (TPSA) is 75.7 Å². The van der Waals surface area contributed by atoms with Crippen molar-refractivity contribution in [3.63, 3.8) is 0 Å². The maximum Gasteiger partial charge on any atom is 0.264 e. The molecule has 1 aromatic rings. The number of ether oxygens (including phenoxy) is 1. The number of thioether (sulfide) groups is 1. The van der Waals surface area contributed by atoms with Gasteiger partial charge in [0.05, 0.1) is 18.0 Å². The highest BCUT2D eigenvalue weighted by Crippen LogP contribution is 2.41. The van der Waals surface area contributed by atoms with Crippen LogP contribution in [0.25, 0.3) is 0 Å². The zero-order valence-corrected chi connectivity index (χ0v) is 23.6. The van der Waals surface area contributed by atoms with E-state index in [-0.39, 0.29) is 11.7 Å². The van der Waals surface area contributed by atoms with Gasteiger partial charge in [0.15, 0.2) is 0 Å². The molecular weight excluding hydrogens is 528 g/mol. The standard InChI is InChI=1S/C28H37ClN2O4S2/c29-24-10-7-23-19-35-26-11-8-21-17-25(26)31(13-3-2-6-20(23)16-24)18-22-9-12-27(22)36-14-4-1-5-15-37(33,34)30-28(21)32/h7-8,10-11,16-17,20,22-23,27H,1-6,9,12-15,18-19H2,(H,30,32)/t20-,22-,23?,27-/m0/s1. The van der Waals surface area contributed by atoms with E-state index in [4.69, 9.17) is 16.3 Å². The van der Waals surface area contributed by atoms with Gasteiger partial charge in [-0.15, -0.1) is 0 Å². The zero-order chi connectivity index (χ0) is 25.8. The van der Waals surface area contributed by atoms with Gasteiger partial charge in [0, 0.05) is 34.9 Å². The van der Waals surface area contributed by atoms with E-state index >= 15 is 0 Å². The third-order valence-electron chi connectivity index (χ3n) is 8.07. The molecule has 2 aliphatic heterocycles. The van der Waals surface area contributed by atoms with Crippen LogP contribution >= 0.6 is 23.4 Å². The number of halogens is 1. The fourth-order valence-electron chi connectivity index (χ4n) is 5.73. The molecule has 0 spiro atoms. The highest BCUT2D eigenvalue weighted by atomic mass is 35.5. The molecule has 4 atom stereocenters. The van der Waals surface area contributed by atoms with Crippen LogP contribution in [0.3, 0.4) is 0 Å². The maximum absolute atomic E-state index is 13.0. The number of nitrogens with one attached hydrogen (secondary N) is 1. The van der Waals surface area contributed by atoms with Gasteiger partial charge in [-0.25, -0.2) is 13.1 Å². The second kappa shape index (κ2) is 12.0. The van der Waals surface area contributed by atoms with E-state index in [1.54, 1.807) is 6.07 Å². The number of allylic oxidation sites excluding steroid dienone is 3. The number of hydrogen-bond donors (Lipinski definition) is 1. The number of fused-ring (bicyclic) bond motifs is 3. The number of hydrogen-bond acceptors (Lipinski definition) is 6. The molecule has 1 N–H and O–H groups in total. The fraction of sp³-hybridized carbons (Fsp3) is 0.607. The van der Waals surface area contributed by atoms with Crippen LogP contribution in [0.4, 0.5) is 5.69 Å². The Morgan fingerprint density at radius 2 is 1.95 bits per heavy atom. The molecular formula is C28H37ClN2O4S2. The predicted molar refractivity (Wildman–Crippen MR) is 152 cm³/mol. The Kier molecular flexibility index (Phi) is 8.77. The van der Waals surface area contributed by atoms with Crippen molar-refractivity contribution < 1.29 is 17.9 Å². The van der Waals surface area contributed by atoms with Crippen molar-refractivity contribution in [1.29, 1.82) is 0 Å². The summed E-state index contributed by atoms with van der Waals surface area (Å²) in [4.78, 5) is 15.4. The minimum Gasteiger partial charge on any atom is -0.491 e. The molecule has 0 aromatic heterocycles. The number of rotatable bonds is 0. The molecule has 9 heteroatoms. The summed E-state index contributed by atoms with van der Waals surface area (Å²) in [7, 11) is -3.67. The van der Waals surface area contributed by atoms with Crippen LogP contribution in [-0.2, 0) is 10.0 Å². The van der Waals surface area contributed by atoms with Crippen LogP contribution in [-0.4, -0.2) is 50.8 Å². The smallest absolute Gasteiger partial charge is 0.264 e. The molecule has 37 heavy (non-hydrogen) atoms. The van der Waals surface area contributed by atoms with E-state index in [9.17, 15) is 13.2 Å². The lowest BCUT2D eigenvalue weighted by Gasteiger charge is -2.41. The number of carbonyl (C=O) groups excluding carboxylic acids is 1. The van der Waals surface area contributed by atoms with Crippen LogP contribution < -0.4 is 14.4 Å². The molecule has 0 radical (unpaired) electrons. The van der Waals surface area contributed by atoms with Crippen LogP contribution in [0, 0.1) is 17.8 Å². The summed E-state index contributed by atoms with van der Waals surface area (Å²) in [5.74, 6) is 2.42. The SMILES string of the molecule is O=C1NS(=O)(=O)CCCCCS[C@H]2CC[C@H]2CN2CCCC[C@H]3C=C(Cl)C=CC3COc3ccc1cc32. The van der Waals surface area contributed by atoms with E-state index in [1.165, 1.54) is 12.8 Å². The van der Waals surface area contributed by atoms with Crippen LogP contribution in [0.1, 0.15) is 61.7 Å². The summed E-state index contributed by atoms with van der Waals surface area (Å²) < 4.78 is 33.8. The van der Waals surface area contributed by atoms with Gasteiger partial charge in [0.25, 0.3) is 5.91 Å². The number of benzene rings is 1. The Hall–Kier alpha value is -1.64. The van der Waals surface area contributed by atoms with Gasteiger partial charge in [0.1, 0.15) is 5.75 Å². The second-order valence-corrected chi connectivity index (χ2v) is 14.4. The Balaban J connectivity index is 1.47. The van der Waals surface area contributed by atoms with Crippen molar-refractivity contribution in [1.82, 2.24) is 4.72 Å². The quantitative estimate of drug-likeness (QED) is 0.433. The average Bonchev–Trinajstić information content (AvgIpc) is 2.88. The lowest BCUT2D eigenvalue weighted by atomic mass is 9.84. The normalized spacial score (nSPS) is 30.8. The minimum atomic E-state index is -3.67. The third kappa shape index (κ3) is 6.87. The monoisotopic (exact) mass is 564 g/mol. The lowest BCUT2D eigenvalue weighted by molar-refractivity contribution is 0.0981. The Morgan fingerprint density at radius 3 is 2.78 bits per heavy atom. The maximum atomic E-state index is 13.0. The molecule has 2 bridgehead atoms. The molecule has 1 amide bonds. The number of nitrogens with zero attached hydrogens (tertiary/aromatic N) is 1. The summed E-state index contributed by atoms with van der Waals surface area (Å²) in [5.41, 5.74) is 1.24. The molecule has 2 heterocycles. The third-order valence-corrected chi connectivity index (χ3v) is 11.2. The highest BCUT2D eigenvalue weighted by Gasteiger charge is 2.34. The van der Waals surface area contributed by atoms with Gasteiger partial charge >= 0.3 is 0 Å². The second-order valence-electron chi connectivity index (χ2n) is 10.7. The van der Waals surface area contributed by atoms with Gasteiger partial charge in [-0.1, -0.05) is 36.6 Å². The van der Waals surface area contributed by atoms with Crippen molar-refractivity contribution in [3.05, 3.63) is 47.0 Å². The largest absolute Gasteiger partial charge is 0.491 e. The van der Waals surface area contributed by atoms with Crippen LogP contribution in [0.5, 0.6) is 5.75 Å². The number of amides is 1. The van der Waals surface area contributed by atoms with Crippen LogP contribution in [0.15, 0.2) is 41.5 Å². The molecule has 0 saturated heterocycles. The van der Waals surface area contributed by atoms with E-state index < -0.39 is 15.9 Å². The van der Waals surface area contributed by atoms with Gasteiger partial charge in [-0.05, 0) is 80.4 Å². The number of anilines is 1. The Morgan fingerprint density at radius 1 is 1.05 bits per heavy atom. The minimum absolute atomic E-state index is 0.0236. The van der Waals surface area contributed by atoms with Gasteiger partial charge in [-0.3, -0.25) is 4.79 Å². The summed E-state index contributed by atoms with van der Waals surface area (Å²) >= 11 is 8.37. The lowest BCUT2D eigenvalue weighted by Crippen LogP contribution is -2.41. The fourth-order valence-corrected chi connectivity index (χ4v) is 8.52. The first kappa shape index (κ1) is 26.9. The molecule has 1 fully saturated rings. The van der Waals surface area contributed by atoms with Crippen molar-refractivity contribution >= 4 is 45.0 Å². The number of carbonyl (C=O) groups is 1. The highest BCUT2D eigenvalue weighted by molar-refractivity contribution is 7.99. The van der Waals surface area contributed by atoms with Gasteiger partial charge in [0.2, 0.25) is 10.0 Å². The van der Waals surface area contributed by atoms with Gasteiger partial charge < -0.3 is 9.64 Å². The molecule has 202 valence electrons. The van der Waals surface area contributed by atoms with Crippen molar-refractivity contribution in [2.45, 2.75) is 56.6 Å². The average molecular weight is 565 g/mol. The number of sulfonamides is 1. The van der Waals surface area contributed by atoms with Crippen LogP contribution in [0.2, 0.25) is 0 Å². The van der Waals surface area contributed by atoms with E-state index in [2.05, 4.69) is 21.8 Å². The first-order chi connectivity index (χ1) is 17.9. The van der Waals surface area contributed by atoms with E-state index in [0.29, 0.717) is 35.7 Å². The van der Waals surface area contributed by atoms with Crippen molar-refractivity contribution in [2.24, 2.45) is 17.8 Å². The first-order valence-electron chi connectivity index (χ1n) is 13.6. The van der Waals surface area contributed by atoms with Crippen molar-refractivity contribution in [2.75, 3.05) is 36.1 Å². The van der Waals surface area contributed by atoms with Gasteiger partial charge in [-0.2, -0.15) is 11.8 Å². The molecule has 6 nitrogen and oxygen atoms in total. The molecule has 4 aliphatic rings. The summed E-state index contributed by atoms with van der Waals surface area (Å²) in [6, 6.07) is 5.34. The molecule has 5 rings (SSSR count). The van der Waals surface area contributed by atoms with Crippen molar-refractivity contribution in [3.8, 4) is 5.75 Å². The summed E-state index contributed by atoms with van der Waals surface area (Å²) in [6.07, 6.45) is 14.3. The Labute approximate surface area is 230 Å². The van der Waals surface area contributed by atoms with E-state index in [0.717, 1.165) is 67.4 Å². The zero-order valence-electron chi connectivity index (χ0n) is 21.2. The molecule has 1 aromatic carbocycles.